The second-order valence-corrected chi connectivity index (χ2v) is 5.29. The second-order valence-electron chi connectivity index (χ2n) is 5.29. The monoisotopic (exact) mass is 290 g/mol. The highest BCUT2D eigenvalue weighted by Crippen LogP contribution is 2.31. The highest BCUT2D eigenvalue weighted by atomic mass is 19.1. The first-order chi connectivity index (χ1) is 10.2. The van der Waals surface area contributed by atoms with Crippen molar-refractivity contribution >= 4 is 16.6 Å². The van der Waals surface area contributed by atoms with E-state index in [1.165, 1.54) is 31.7 Å². The van der Waals surface area contributed by atoms with Crippen LogP contribution in [0.5, 0.6) is 5.75 Å². The maximum absolute atomic E-state index is 14.0. The third kappa shape index (κ3) is 4.06. The van der Waals surface area contributed by atoms with Gasteiger partial charge in [-0.25, -0.2) is 4.39 Å². The summed E-state index contributed by atoms with van der Waals surface area (Å²) in [5.41, 5.74) is 6.71. The molecule has 2 rings (SSSR count). The summed E-state index contributed by atoms with van der Waals surface area (Å²) in [6.45, 7) is 2.71. The van der Waals surface area contributed by atoms with Crippen molar-refractivity contribution in [2.24, 2.45) is 0 Å². The van der Waals surface area contributed by atoms with E-state index in [0.717, 1.165) is 18.2 Å². The Morgan fingerprint density at radius 3 is 2.76 bits per heavy atom. The van der Waals surface area contributed by atoms with Gasteiger partial charge in [-0.05, 0) is 18.6 Å². The summed E-state index contributed by atoms with van der Waals surface area (Å²) in [7, 11) is 0. The number of anilines is 1. The van der Waals surface area contributed by atoms with Crippen LogP contribution in [-0.4, -0.2) is 11.6 Å². The Morgan fingerprint density at radius 2 is 1.95 bits per heavy atom. The molecule has 2 aromatic rings. The molecule has 1 aromatic carbocycles. The molecular weight excluding hydrogens is 267 g/mol. The van der Waals surface area contributed by atoms with E-state index >= 15 is 0 Å². The Kier molecular flexibility index (Phi) is 5.78. The number of hydrogen-bond acceptors (Lipinski definition) is 3. The van der Waals surface area contributed by atoms with Crippen molar-refractivity contribution in [3.05, 3.63) is 30.2 Å². The number of unbranched alkanes of at least 4 members (excludes halogenated alkanes) is 5. The maximum atomic E-state index is 14.0. The van der Waals surface area contributed by atoms with Crippen molar-refractivity contribution in [3.63, 3.8) is 0 Å². The van der Waals surface area contributed by atoms with E-state index in [0.29, 0.717) is 17.8 Å². The van der Waals surface area contributed by atoms with Gasteiger partial charge in [0.2, 0.25) is 0 Å². The largest absolute Gasteiger partial charge is 0.488 e. The topological polar surface area (TPSA) is 48.1 Å². The summed E-state index contributed by atoms with van der Waals surface area (Å²) in [5, 5.41) is 0.733. The first-order valence-electron chi connectivity index (χ1n) is 7.69. The lowest BCUT2D eigenvalue weighted by Crippen LogP contribution is -2.02. The molecule has 1 heterocycles. The smallest absolute Gasteiger partial charge is 0.181 e. The van der Waals surface area contributed by atoms with Crippen LogP contribution >= 0.6 is 0 Å². The van der Waals surface area contributed by atoms with Crippen LogP contribution in [0.25, 0.3) is 10.9 Å². The van der Waals surface area contributed by atoms with E-state index < -0.39 is 5.82 Å². The fourth-order valence-electron chi connectivity index (χ4n) is 2.41. The zero-order valence-corrected chi connectivity index (χ0v) is 12.6. The Bertz CT molecular complexity index is 586. The number of fused-ring (bicyclic) bond motifs is 1. The molecule has 21 heavy (non-hydrogen) atoms. The number of nitrogen functional groups attached to an aromatic ring is 1. The number of nitrogens with zero attached hydrogens (tertiary/aromatic N) is 1. The lowest BCUT2D eigenvalue weighted by molar-refractivity contribution is 0.293. The average Bonchev–Trinajstić information content (AvgIpc) is 2.49. The molecule has 4 heteroatoms. The minimum absolute atomic E-state index is 0.216. The summed E-state index contributed by atoms with van der Waals surface area (Å²) in [4.78, 5) is 4.20. The molecule has 0 bridgehead atoms. The summed E-state index contributed by atoms with van der Waals surface area (Å²) in [6.07, 6.45) is 8.66. The number of nitrogens with two attached hydrogens (primary N) is 1. The zero-order valence-electron chi connectivity index (χ0n) is 12.6. The third-order valence-electron chi connectivity index (χ3n) is 3.58. The quantitative estimate of drug-likeness (QED) is 0.566. The van der Waals surface area contributed by atoms with Gasteiger partial charge in [-0.1, -0.05) is 39.0 Å². The molecule has 0 amide bonds. The van der Waals surface area contributed by atoms with Crippen LogP contribution in [0.2, 0.25) is 0 Å². The van der Waals surface area contributed by atoms with Crippen molar-refractivity contribution in [1.82, 2.24) is 4.98 Å². The van der Waals surface area contributed by atoms with Gasteiger partial charge in [0.1, 0.15) is 5.52 Å². The maximum Gasteiger partial charge on any atom is 0.181 e. The van der Waals surface area contributed by atoms with Gasteiger partial charge in [0, 0.05) is 23.3 Å². The first-order valence-corrected chi connectivity index (χ1v) is 7.69. The first kappa shape index (κ1) is 15.5. The van der Waals surface area contributed by atoms with Gasteiger partial charge in [-0.15, -0.1) is 0 Å². The summed E-state index contributed by atoms with van der Waals surface area (Å²) in [5.74, 6) is -0.224. The molecule has 0 atom stereocenters. The number of aromatic nitrogens is 1. The van der Waals surface area contributed by atoms with E-state index in [1.54, 1.807) is 12.3 Å². The molecule has 0 fully saturated rings. The van der Waals surface area contributed by atoms with Crippen LogP contribution in [0.4, 0.5) is 10.1 Å². The lowest BCUT2D eigenvalue weighted by atomic mass is 10.1. The third-order valence-corrected chi connectivity index (χ3v) is 3.58. The number of rotatable bonds is 8. The number of hydrogen-bond donors (Lipinski definition) is 1. The molecule has 0 aliphatic rings. The molecule has 0 aliphatic carbocycles. The van der Waals surface area contributed by atoms with Gasteiger partial charge in [-0.2, -0.15) is 0 Å². The molecule has 0 radical (unpaired) electrons. The second kappa shape index (κ2) is 7.81. The van der Waals surface area contributed by atoms with Crippen LogP contribution in [-0.2, 0) is 0 Å². The van der Waals surface area contributed by atoms with Gasteiger partial charge in [0.25, 0.3) is 0 Å². The van der Waals surface area contributed by atoms with Crippen molar-refractivity contribution in [2.75, 3.05) is 12.3 Å². The van der Waals surface area contributed by atoms with Crippen LogP contribution in [0.1, 0.15) is 45.4 Å². The number of benzene rings is 1. The van der Waals surface area contributed by atoms with Gasteiger partial charge in [0.05, 0.1) is 6.61 Å². The SMILES string of the molecule is CCCCCCCCOc1c(F)cc(N)c2cccnc12. The number of ether oxygens (including phenoxy) is 1. The fraction of sp³-hybridized carbons (Fsp3) is 0.471. The molecule has 2 N–H and O–H groups in total. The molecule has 0 saturated heterocycles. The fourth-order valence-corrected chi connectivity index (χ4v) is 2.41. The van der Waals surface area contributed by atoms with Crippen LogP contribution < -0.4 is 10.5 Å². The van der Waals surface area contributed by atoms with Crippen LogP contribution in [0, 0.1) is 5.82 Å². The highest BCUT2D eigenvalue weighted by Gasteiger charge is 2.12. The molecule has 0 spiro atoms. The van der Waals surface area contributed by atoms with E-state index in [4.69, 9.17) is 10.5 Å². The molecule has 1 aromatic heterocycles. The molecule has 0 aliphatic heterocycles. The zero-order chi connectivity index (χ0) is 15.1. The van der Waals surface area contributed by atoms with Gasteiger partial charge >= 0.3 is 0 Å². The van der Waals surface area contributed by atoms with Crippen molar-refractivity contribution < 1.29 is 9.13 Å². The Hall–Kier alpha value is -1.84. The summed E-state index contributed by atoms with van der Waals surface area (Å²) >= 11 is 0. The predicted molar refractivity (Wildman–Crippen MR) is 85.0 cm³/mol. The predicted octanol–water partition coefficient (Wildman–Crippen LogP) is 4.70. The van der Waals surface area contributed by atoms with Crippen molar-refractivity contribution in [1.29, 1.82) is 0 Å². The Balaban J connectivity index is 1.96. The van der Waals surface area contributed by atoms with Gasteiger partial charge in [0.15, 0.2) is 11.6 Å². The molecule has 3 nitrogen and oxygen atoms in total. The van der Waals surface area contributed by atoms with Crippen LogP contribution in [0.15, 0.2) is 24.4 Å². The van der Waals surface area contributed by atoms with Crippen LogP contribution in [0.3, 0.4) is 0 Å². The molecular formula is C17H23FN2O. The average molecular weight is 290 g/mol. The van der Waals surface area contributed by atoms with Gasteiger partial charge < -0.3 is 10.5 Å². The molecule has 114 valence electrons. The normalized spacial score (nSPS) is 11.0. The van der Waals surface area contributed by atoms with E-state index in [1.807, 2.05) is 6.07 Å². The Labute approximate surface area is 125 Å². The number of pyridine rings is 1. The van der Waals surface area contributed by atoms with E-state index in [2.05, 4.69) is 11.9 Å². The van der Waals surface area contributed by atoms with Gasteiger partial charge in [-0.3, -0.25) is 4.98 Å². The van der Waals surface area contributed by atoms with Crippen molar-refractivity contribution in [3.8, 4) is 5.75 Å². The highest BCUT2D eigenvalue weighted by molar-refractivity contribution is 5.94. The molecule has 0 unspecified atom stereocenters. The van der Waals surface area contributed by atoms with E-state index in [-0.39, 0.29) is 5.75 Å². The standard InChI is InChI=1S/C17H23FN2O/c1-2-3-4-5-6-7-11-21-17-14(18)12-15(19)13-9-8-10-20-16(13)17/h8-10,12H,2-7,11,19H2,1H3. The lowest BCUT2D eigenvalue weighted by Gasteiger charge is -2.11. The Morgan fingerprint density at radius 1 is 1.19 bits per heavy atom. The minimum Gasteiger partial charge on any atom is -0.488 e. The molecule has 0 saturated carbocycles. The summed E-state index contributed by atoms with van der Waals surface area (Å²) < 4.78 is 19.6. The minimum atomic E-state index is -0.440. The van der Waals surface area contributed by atoms with E-state index in [9.17, 15) is 4.39 Å². The number of halogens is 1. The summed E-state index contributed by atoms with van der Waals surface area (Å²) in [6, 6.07) is 4.92. The van der Waals surface area contributed by atoms with Crippen molar-refractivity contribution in [2.45, 2.75) is 45.4 Å².